The maximum Gasteiger partial charge on any atom is 0.313 e. The van der Waals surface area contributed by atoms with E-state index in [9.17, 15) is 19.5 Å². The van der Waals surface area contributed by atoms with Crippen LogP contribution in [0.5, 0.6) is 0 Å². The number of aliphatic hydroxyl groups is 1. The number of cyclic esters (lactones) is 1. The minimum Gasteiger partial charge on any atom is -0.465 e. The van der Waals surface area contributed by atoms with Crippen LogP contribution in [0.25, 0.3) is 0 Å². The van der Waals surface area contributed by atoms with Crippen LogP contribution in [0.3, 0.4) is 0 Å². The van der Waals surface area contributed by atoms with Crippen molar-refractivity contribution in [3.63, 3.8) is 0 Å². The Morgan fingerprint density at radius 2 is 1.92 bits per heavy atom. The Bertz CT molecular complexity index is 1160. The highest BCUT2D eigenvalue weighted by atomic mass is 35.5. The lowest BCUT2D eigenvalue weighted by atomic mass is 9.73. The number of esters is 1. The minimum atomic E-state index is -1.35. The third-order valence-electron chi connectivity index (χ3n) is 8.40. The molecule has 0 bridgehead atoms. The predicted molar refractivity (Wildman–Crippen MR) is 143 cm³/mol. The second-order valence-corrected chi connectivity index (χ2v) is 11.0. The Morgan fingerprint density at radius 1 is 1.11 bits per heavy atom. The molecule has 5 atom stereocenters. The van der Waals surface area contributed by atoms with Crippen LogP contribution in [-0.2, 0) is 23.9 Å². The maximum absolute atomic E-state index is 14.5. The lowest BCUT2D eigenvalue weighted by Crippen LogP contribution is -2.56. The number of unbranched alkanes of at least 4 members (excludes halogenated alkanes) is 1. The number of para-hydroxylation sites is 1. The van der Waals surface area contributed by atoms with Gasteiger partial charge in [-0.1, -0.05) is 55.0 Å². The van der Waals surface area contributed by atoms with Crippen LogP contribution in [0, 0.1) is 18.8 Å². The molecule has 2 amide bonds. The van der Waals surface area contributed by atoms with Crippen molar-refractivity contribution >= 4 is 35.1 Å². The molecule has 1 N–H and O–H groups in total. The highest BCUT2D eigenvalue weighted by Gasteiger charge is 2.75. The first-order valence-electron chi connectivity index (χ1n) is 13.5. The van der Waals surface area contributed by atoms with Gasteiger partial charge < -0.3 is 24.4 Å². The van der Waals surface area contributed by atoms with Gasteiger partial charge in [-0.2, -0.15) is 0 Å². The summed E-state index contributed by atoms with van der Waals surface area (Å²) >= 11 is 6.59. The van der Waals surface area contributed by atoms with Gasteiger partial charge in [-0.15, -0.1) is 0 Å². The molecule has 1 aromatic rings. The van der Waals surface area contributed by atoms with Crippen LogP contribution >= 0.6 is 11.6 Å². The lowest BCUT2D eigenvalue weighted by Gasteiger charge is -2.38. The van der Waals surface area contributed by atoms with Crippen molar-refractivity contribution in [1.29, 1.82) is 0 Å². The topological polar surface area (TPSA) is 96.4 Å². The molecule has 2 saturated heterocycles. The van der Waals surface area contributed by atoms with E-state index in [4.69, 9.17) is 21.1 Å². The number of halogens is 1. The summed E-state index contributed by atoms with van der Waals surface area (Å²) in [7, 11) is 0. The molecule has 8 nitrogen and oxygen atoms in total. The summed E-state index contributed by atoms with van der Waals surface area (Å²) in [5.74, 6) is -2.86. The fourth-order valence-corrected chi connectivity index (χ4v) is 7.00. The van der Waals surface area contributed by atoms with E-state index in [0.29, 0.717) is 36.4 Å². The number of ether oxygens (including phenoxy) is 2. The number of carbonyl (C=O) groups excluding carboxylic acids is 3. The molecule has 0 saturated carbocycles. The number of hydrogen-bond acceptors (Lipinski definition) is 6. The molecule has 0 aromatic heterocycles. The smallest absolute Gasteiger partial charge is 0.313 e. The number of likely N-dealkylation sites (tertiary alicyclic amines) is 1. The average molecular weight is 543 g/mol. The van der Waals surface area contributed by atoms with Gasteiger partial charge in [0.05, 0.1) is 23.2 Å². The lowest BCUT2D eigenvalue weighted by molar-refractivity contribution is -0.159. The van der Waals surface area contributed by atoms with Crippen molar-refractivity contribution in [3.8, 4) is 0 Å². The Morgan fingerprint density at radius 3 is 2.66 bits per heavy atom. The zero-order valence-corrected chi connectivity index (χ0v) is 22.7. The highest BCUT2D eigenvalue weighted by Crippen LogP contribution is 2.58. The minimum absolute atomic E-state index is 0.0186. The summed E-state index contributed by atoms with van der Waals surface area (Å²) in [4.78, 5) is 45.5. The van der Waals surface area contributed by atoms with Gasteiger partial charge in [0.25, 0.3) is 5.91 Å². The van der Waals surface area contributed by atoms with E-state index in [-0.39, 0.29) is 38.1 Å². The largest absolute Gasteiger partial charge is 0.465 e. The van der Waals surface area contributed by atoms with Crippen molar-refractivity contribution in [2.45, 2.75) is 63.2 Å². The van der Waals surface area contributed by atoms with Gasteiger partial charge in [0, 0.05) is 19.7 Å². The zero-order chi connectivity index (χ0) is 27.1. The van der Waals surface area contributed by atoms with Gasteiger partial charge in [-0.05, 0) is 50.7 Å². The quantitative estimate of drug-likeness (QED) is 0.335. The van der Waals surface area contributed by atoms with Crippen molar-refractivity contribution in [3.05, 3.63) is 53.1 Å². The first kappa shape index (κ1) is 26.9. The van der Waals surface area contributed by atoms with Gasteiger partial charge >= 0.3 is 5.97 Å². The number of anilines is 1. The first-order valence-corrected chi connectivity index (χ1v) is 13.9. The summed E-state index contributed by atoms with van der Waals surface area (Å²) in [6.45, 7) is 4.59. The number of hydrogen-bond donors (Lipinski definition) is 1. The van der Waals surface area contributed by atoms with Crippen LogP contribution in [0.15, 0.2) is 42.5 Å². The molecule has 204 valence electrons. The summed E-state index contributed by atoms with van der Waals surface area (Å²) in [6.07, 6.45) is 10.4. The van der Waals surface area contributed by atoms with Crippen molar-refractivity contribution in [2.75, 3.05) is 31.2 Å². The van der Waals surface area contributed by atoms with E-state index in [1.165, 1.54) is 0 Å². The van der Waals surface area contributed by atoms with Gasteiger partial charge in [0.1, 0.15) is 23.2 Å². The molecule has 4 aliphatic heterocycles. The number of aryl methyl sites for hydroxylation is 1. The number of benzene rings is 1. The summed E-state index contributed by atoms with van der Waals surface area (Å²) in [6, 6.07) is 4.48. The van der Waals surface area contributed by atoms with Crippen LogP contribution in [0.2, 0.25) is 5.02 Å². The van der Waals surface area contributed by atoms with E-state index in [2.05, 4.69) is 0 Å². The van der Waals surface area contributed by atoms with Gasteiger partial charge in [0.2, 0.25) is 5.91 Å². The third-order valence-corrected chi connectivity index (χ3v) is 8.70. The fraction of sp³-hybridized carbons (Fsp3) is 0.552. The summed E-state index contributed by atoms with van der Waals surface area (Å²) < 4.78 is 12.6. The molecular formula is C29H35ClN2O6. The number of fused-ring (bicyclic) bond motifs is 2. The molecule has 1 spiro atoms. The third kappa shape index (κ3) is 4.08. The first-order chi connectivity index (χ1) is 18.3. The molecular weight excluding hydrogens is 508 g/mol. The molecule has 9 heteroatoms. The van der Waals surface area contributed by atoms with Crippen LogP contribution in [0.4, 0.5) is 5.69 Å². The standard InChI is InChI=1S/C29H35ClN2O6/c1-3-28-13-5-4-8-18-37-27(36)22(28)21-25(34)32(15-6-7-17-33)24-26(35)31(16-10-14-29(21,24)38-28)23-19(2)11-9-12-20(23)30/h5,9-14,21-22,24,33H,3-4,6-8,15-18H2,1-2H3/b13-5-/t21-,22+,24?,28-,29-/m0/s1. The van der Waals surface area contributed by atoms with E-state index in [1.54, 1.807) is 15.9 Å². The molecule has 1 unspecified atom stereocenters. The molecule has 0 radical (unpaired) electrons. The maximum atomic E-state index is 14.5. The predicted octanol–water partition coefficient (Wildman–Crippen LogP) is 3.58. The number of carbonyl (C=O) groups is 3. The van der Waals surface area contributed by atoms with Crippen molar-refractivity contribution < 1.29 is 29.0 Å². The monoisotopic (exact) mass is 542 g/mol. The number of rotatable bonds is 6. The molecule has 5 rings (SSSR count). The Kier molecular flexibility index (Phi) is 7.42. The Labute approximate surface area is 228 Å². The number of aliphatic hydroxyl groups excluding tert-OH is 1. The molecule has 1 aromatic carbocycles. The van der Waals surface area contributed by atoms with Crippen LogP contribution in [-0.4, -0.2) is 71.3 Å². The molecule has 4 heterocycles. The van der Waals surface area contributed by atoms with Crippen molar-refractivity contribution in [1.82, 2.24) is 4.90 Å². The SMILES string of the molecule is CC[C@]12/C=C\CCCOC(=O)[C@H]1[C@H]1C(=O)N(CCCCO)C3C(=O)N(c4c(C)cccc4Cl)CC=C[C@@]31O2. The van der Waals surface area contributed by atoms with Gasteiger partial charge in [-0.3, -0.25) is 14.4 Å². The van der Waals surface area contributed by atoms with Crippen LogP contribution < -0.4 is 4.90 Å². The number of allylic oxidation sites excluding steroid dienone is 1. The fourth-order valence-electron chi connectivity index (χ4n) is 6.67. The second kappa shape index (κ2) is 10.5. The van der Waals surface area contributed by atoms with E-state index >= 15 is 0 Å². The zero-order valence-electron chi connectivity index (χ0n) is 21.9. The average Bonchev–Trinajstić information content (AvgIpc) is 3.27. The highest BCUT2D eigenvalue weighted by molar-refractivity contribution is 6.34. The van der Waals surface area contributed by atoms with E-state index < -0.39 is 35.0 Å². The number of nitrogens with zero attached hydrogens (tertiary/aromatic N) is 2. The van der Waals surface area contributed by atoms with Crippen LogP contribution in [0.1, 0.15) is 44.6 Å². The van der Waals surface area contributed by atoms with E-state index in [0.717, 1.165) is 12.0 Å². The number of amides is 2. The van der Waals surface area contributed by atoms with Gasteiger partial charge in [-0.25, -0.2) is 0 Å². The second-order valence-electron chi connectivity index (χ2n) is 10.6. The van der Waals surface area contributed by atoms with Crippen molar-refractivity contribution in [2.24, 2.45) is 11.8 Å². The van der Waals surface area contributed by atoms with E-state index in [1.807, 2.05) is 50.3 Å². The molecule has 4 aliphatic rings. The van der Waals surface area contributed by atoms with Gasteiger partial charge in [0.15, 0.2) is 0 Å². The summed E-state index contributed by atoms with van der Waals surface area (Å²) in [5, 5.41) is 9.83. The summed E-state index contributed by atoms with van der Waals surface area (Å²) in [5.41, 5.74) is -0.987. The Balaban J connectivity index is 1.66. The molecule has 2 fully saturated rings. The molecule has 0 aliphatic carbocycles. The molecule has 38 heavy (non-hydrogen) atoms. The Hall–Kier alpha value is -2.68. The normalized spacial score (nSPS) is 33.6.